The minimum absolute atomic E-state index is 0.0384. The minimum Gasteiger partial charge on any atom is -0.494 e. The first-order chi connectivity index (χ1) is 8.72. The van der Waals surface area contributed by atoms with Crippen molar-refractivity contribution in [2.24, 2.45) is 5.73 Å². The molecule has 1 heterocycles. The lowest BCUT2D eigenvalue weighted by atomic mass is 10.2. The number of ether oxygens (including phenoxy) is 1. The van der Waals surface area contributed by atoms with Crippen LogP contribution in [0.15, 0.2) is 36.8 Å². The van der Waals surface area contributed by atoms with Crippen molar-refractivity contribution in [2.45, 2.75) is 26.3 Å². The maximum absolute atomic E-state index is 5.91. The zero-order valence-corrected chi connectivity index (χ0v) is 10.8. The van der Waals surface area contributed by atoms with E-state index in [1.807, 2.05) is 35.8 Å². The van der Waals surface area contributed by atoms with Crippen LogP contribution in [0, 0.1) is 0 Å². The molecule has 4 nitrogen and oxygen atoms in total. The molecule has 4 heteroatoms. The molecule has 0 aliphatic rings. The topological polar surface area (TPSA) is 53.1 Å². The average molecular weight is 245 g/mol. The number of nitrogens with two attached hydrogens (primary N) is 1. The van der Waals surface area contributed by atoms with E-state index in [9.17, 15) is 0 Å². The molecule has 1 aromatic heterocycles. The first-order valence-corrected chi connectivity index (χ1v) is 6.23. The van der Waals surface area contributed by atoms with Crippen LogP contribution in [-0.4, -0.2) is 16.2 Å². The van der Waals surface area contributed by atoms with Crippen LogP contribution in [-0.2, 0) is 0 Å². The van der Waals surface area contributed by atoms with Gasteiger partial charge in [0.2, 0.25) is 0 Å². The van der Waals surface area contributed by atoms with E-state index in [0.29, 0.717) is 0 Å². The third-order valence-corrected chi connectivity index (χ3v) is 2.72. The van der Waals surface area contributed by atoms with Crippen LogP contribution < -0.4 is 10.5 Å². The lowest BCUT2D eigenvalue weighted by molar-refractivity contribution is 0.317. The highest BCUT2D eigenvalue weighted by Crippen LogP contribution is 2.19. The van der Waals surface area contributed by atoms with Gasteiger partial charge in [-0.05, 0) is 37.6 Å². The van der Waals surface area contributed by atoms with Gasteiger partial charge in [0.1, 0.15) is 5.75 Å². The second kappa shape index (κ2) is 5.69. The molecule has 2 rings (SSSR count). The van der Waals surface area contributed by atoms with Crippen LogP contribution in [0.5, 0.6) is 5.75 Å². The fraction of sp³-hybridized carbons (Fsp3) is 0.357. The quantitative estimate of drug-likeness (QED) is 0.881. The Bertz CT molecular complexity index is 488. The molecule has 1 aromatic carbocycles. The van der Waals surface area contributed by atoms with Crippen molar-refractivity contribution in [1.82, 2.24) is 9.55 Å². The predicted molar refractivity (Wildman–Crippen MR) is 72.0 cm³/mol. The summed E-state index contributed by atoms with van der Waals surface area (Å²) in [6.45, 7) is 4.79. The summed E-state index contributed by atoms with van der Waals surface area (Å²) in [6.07, 6.45) is 4.59. The molecular weight excluding hydrogens is 226 g/mol. The highest BCUT2D eigenvalue weighted by molar-refractivity contribution is 5.39. The van der Waals surface area contributed by atoms with Gasteiger partial charge in [0.05, 0.1) is 24.8 Å². The Kier molecular flexibility index (Phi) is 3.99. The molecule has 0 saturated carbocycles. The maximum atomic E-state index is 5.91. The Morgan fingerprint density at radius 3 is 2.67 bits per heavy atom. The second-order valence-corrected chi connectivity index (χ2v) is 4.32. The van der Waals surface area contributed by atoms with E-state index in [1.165, 1.54) is 0 Å². The molecule has 0 radical (unpaired) electrons. The van der Waals surface area contributed by atoms with Crippen LogP contribution in [0.1, 0.15) is 32.0 Å². The van der Waals surface area contributed by atoms with Gasteiger partial charge < -0.3 is 15.0 Å². The lowest BCUT2D eigenvalue weighted by Gasteiger charge is -2.11. The smallest absolute Gasteiger partial charge is 0.119 e. The molecule has 0 amide bonds. The molecule has 0 spiro atoms. The summed E-state index contributed by atoms with van der Waals surface area (Å²) in [4.78, 5) is 4.14. The molecule has 0 aliphatic carbocycles. The van der Waals surface area contributed by atoms with Gasteiger partial charge >= 0.3 is 0 Å². The Balaban J connectivity index is 2.21. The summed E-state index contributed by atoms with van der Waals surface area (Å²) in [5.41, 5.74) is 7.95. The van der Waals surface area contributed by atoms with Gasteiger partial charge in [0, 0.05) is 11.7 Å². The summed E-state index contributed by atoms with van der Waals surface area (Å²) in [6, 6.07) is 7.92. The summed E-state index contributed by atoms with van der Waals surface area (Å²) < 4.78 is 7.55. The van der Waals surface area contributed by atoms with Crippen LogP contribution in [0.4, 0.5) is 0 Å². The van der Waals surface area contributed by atoms with E-state index in [2.05, 4.69) is 11.9 Å². The normalized spacial score (nSPS) is 12.4. The first kappa shape index (κ1) is 12.6. The van der Waals surface area contributed by atoms with Crippen molar-refractivity contribution < 1.29 is 4.74 Å². The number of imidazole rings is 1. The Hall–Kier alpha value is -1.81. The number of hydrogen-bond donors (Lipinski definition) is 1. The summed E-state index contributed by atoms with van der Waals surface area (Å²) in [7, 11) is 0. The van der Waals surface area contributed by atoms with Crippen molar-refractivity contribution in [3.05, 3.63) is 42.5 Å². The van der Waals surface area contributed by atoms with Gasteiger partial charge in [-0.2, -0.15) is 0 Å². The molecule has 0 aliphatic heterocycles. The van der Waals surface area contributed by atoms with Crippen LogP contribution in [0.25, 0.3) is 5.69 Å². The number of aromatic nitrogens is 2. The van der Waals surface area contributed by atoms with Gasteiger partial charge in [-0.15, -0.1) is 0 Å². The fourth-order valence-electron chi connectivity index (χ4n) is 1.78. The van der Waals surface area contributed by atoms with Crippen molar-refractivity contribution in [3.8, 4) is 11.4 Å². The summed E-state index contributed by atoms with van der Waals surface area (Å²) in [5, 5.41) is 0. The number of nitrogens with zero attached hydrogens (tertiary/aromatic N) is 2. The third kappa shape index (κ3) is 2.71. The SMILES string of the molecule is CCCOc1ccc(-n2cncc2[C@H](C)N)cc1. The highest BCUT2D eigenvalue weighted by atomic mass is 16.5. The molecule has 18 heavy (non-hydrogen) atoms. The molecule has 0 fully saturated rings. The summed E-state index contributed by atoms with van der Waals surface area (Å²) >= 11 is 0. The molecular formula is C14H19N3O. The van der Waals surface area contributed by atoms with Gasteiger partial charge in [0.25, 0.3) is 0 Å². The minimum atomic E-state index is -0.0384. The van der Waals surface area contributed by atoms with E-state index in [-0.39, 0.29) is 6.04 Å². The van der Waals surface area contributed by atoms with Gasteiger partial charge in [-0.25, -0.2) is 4.98 Å². The molecule has 1 atom stereocenters. The van der Waals surface area contributed by atoms with E-state index in [1.54, 1.807) is 12.5 Å². The molecule has 2 aromatic rings. The molecule has 0 bridgehead atoms. The second-order valence-electron chi connectivity index (χ2n) is 4.32. The number of benzene rings is 1. The van der Waals surface area contributed by atoms with E-state index in [4.69, 9.17) is 10.5 Å². The fourth-order valence-corrected chi connectivity index (χ4v) is 1.78. The predicted octanol–water partition coefficient (Wildman–Crippen LogP) is 2.68. The lowest BCUT2D eigenvalue weighted by Crippen LogP contribution is -2.10. The maximum Gasteiger partial charge on any atom is 0.119 e. The standard InChI is InChI=1S/C14H19N3O/c1-3-8-18-13-6-4-12(5-7-13)17-10-16-9-14(17)11(2)15/h4-7,9-11H,3,8,15H2,1-2H3/t11-/m0/s1. The van der Waals surface area contributed by atoms with Crippen LogP contribution in [0.3, 0.4) is 0 Å². The van der Waals surface area contributed by atoms with Crippen molar-refractivity contribution in [3.63, 3.8) is 0 Å². The Morgan fingerprint density at radius 2 is 2.06 bits per heavy atom. The van der Waals surface area contributed by atoms with E-state index >= 15 is 0 Å². The van der Waals surface area contributed by atoms with Gasteiger partial charge in [-0.3, -0.25) is 0 Å². The molecule has 0 unspecified atom stereocenters. The van der Waals surface area contributed by atoms with Crippen LogP contribution >= 0.6 is 0 Å². The Morgan fingerprint density at radius 1 is 1.33 bits per heavy atom. The monoisotopic (exact) mass is 245 g/mol. The zero-order chi connectivity index (χ0) is 13.0. The first-order valence-electron chi connectivity index (χ1n) is 6.23. The Labute approximate surface area is 107 Å². The molecule has 96 valence electrons. The average Bonchev–Trinajstić information content (AvgIpc) is 2.86. The third-order valence-electron chi connectivity index (χ3n) is 2.72. The van der Waals surface area contributed by atoms with E-state index in [0.717, 1.165) is 30.2 Å². The van der Waals surface area contributed by atoms with E-state index < -0.39 is 0 Å². The zero-order valence-electron chi connectivity index (χ0n) is 10.8. The van der Waals surface area contributed by atoms with Crippen molar-refractivity contribution in [2.75, 3.05) is 6.61 Å². The molecule has 2 N–H and O–H groups in total. The largest absolute Gasteiger partial charge is 0.494 e. The van der Waals surface area contributed by atoms with Crippen molar-refractivity contribution >= 4 is 0 Å². The summed E-state index contributed by atoms with van der Waals surface area (Å²) in [5.74, 6) is 0.892. The van der Waals surface area contributed by atoms with Crippen molar-refractivity contribution in [1.29, 1.82) is 0 Å². The number of hydrogen-bond acceptors (Lipinski definition) is 3. The van der Waals surface area contributed by atoms with Crippen LogP contribution in [0.2, 0.25) is 0 Å². The van der Waals surface area contributed by atoms with Gasteiger partial charge in [0.15, 0.2) is 0 Å². The molecule has 0 saturated heterocycles. The number of rotatable bonds is 5. The highest BCUT2D eigenvalue weighted by Gasteiger charge is 2.08. The van der Waals surface area contributed by atoms with Gasteiger partial charge in [-0.1, -0.05) is 6.92 Å².